The summed E-state index contributed by atoms with van der Waals surface area (Å²) in [6.07, 6.45) is 1.99. The lowest BCUT2D eigenvalue weighted by Gasteiger charge is -2.34. The fourth-order valence-electron chi connectivity index (χ4n) is 5.64. The minimum Gasteiger partial charge on any atom is -0.343 e. The number of nitrogens with zero attached hydrogens (tertiary/aromatic N) is 5. The number of benzene rings is 3. The van der Waals surface area contributed by atoms with Crippen molar-refractivity contribution >= 4 is 29.5 Å². The van der Waals surface area contributed by atoms with Crippen molar-refractivity contribution in [3.63, 3.8) is 0 Å². The molecule has 268 valence electrons. The lowest BCUT2D eigenvalue weighted by Crippen LogP contribution is -2.51. The van der Waals surface area contributed by atoms with Crippen molar-refractivity contribution in [1.82, 2.24) is 24.7 Å². The quantitative estimate of drug-likeness (QED) is 0.0856. The molecule has 2 aromatic heterocycles. The number of pyridine rings is 2. The molecule has 0 bridgehead atoms. The number of carbonyl (C=O) groups excluding carboxylic acids is 2. The highest BCUT2D eigenvalue weighted by Gasteiger charge is 2.32. The van der Waals surface area contributed by atoms with Gasteiger partial charge in [0, 0.05) is 63.7 Å². The van der Waals surface area contributed by atoms with Gasteiger partial charge in [0.15, 0.2) is 0 Å². The molecule has 2 amide bonds. The molecule has 2 heterocycles. The van der Waals surface area contributed by atoms with Gasteiger partial charge in [-0.15, -0.1) is 0 Å². The number of halogens is 4. The second-order valence-electron chi connectivity index (χ2n) is 12.5. The number of hydrogen-bond donors (Lipinski definition) is 0. The topological polar surface area (TPSA) is 69.6 Å². The third-order valence-corrected chi connectivity index (χ3v) is 8.80. The molecule has 5 aromatic rings. The van der Waals surface area contributed by atoms with Crippen LogP contribution < -0.4 is 0 Å². The van der Waals surface area contributed by atoms with Crippen LogP contribution >= 0.6 is 11.6 Å². The highest BCUT2D eigenvalue weighted by Crippen LogP contribution is 2.29. The molecule has 52 heavy (non-hydrogen) atoms. The summed E-state index contributed by atoms with van der Waals surface area (Å²) in [7, 11) is 3.67. The van der Waals surface area contributed by atoms with Crippen molar-refractivity contribution in [1.29, 1.82) is 0 Å². The monoisotopic (exact) mass is 725 g/mol. The number of hydrogen-bond acceptors (Lipinski definition) is 5. The first-order valence-corrected chi connectivity index (χ1v) is 17.1. The zero-order valence-corrected chi connectivity index (χ0v) is 29.6. The fraction of sp³-hybridized carbons (Fsp3) is 0.220. The molecule has 11 heteroatoms. The van der Waals surface area contributed by atoms with Crippen LogP contribution in [0.4, 0.5) is 13.2 Å². The molecule has 0 radical (unpaired) electrons. The first-order valence-electron chi connectivity index (χ1n) is 16.7. The molecule has 0 saturated heterocycles. The smallest absolute Gasteiger partial charge is 0.343 e. The van der Waals surface area contributed by atoms with Gasteiger partial charge in [0.2, 0.25) is 11.8 Å². The Morgan fingerprint density at radius 2 is 1.46 bits per heavy atom. The summed E-state index contributed by atoms with van der Waals surface area (Å²) in [6.45, 7) is 1.66. The molecule has 1 atom stereocenters. The molecule has 0 spiro atoms. The molecule has 0 aliphatic rings. The van der Waals surface area contributed by atoms with Crippen LogP contribution in [0.15, 0.2) is 128 Å². The number of carbonyl (C=O) groups is 2. The number of aromatic nitrogens is 2. The highest BCUT2D eigenvalue weighted by molar-refractivity contribution is 6.29. The first kappa shape index (κ1) is 37.9. The summed E-state index contributed by atoms with van der Waals surface area (Å²) in [4.78, 5) is 42.3. The van der Waals surface area contributed by atoms with Gasteiger partial charge in [0.05, 0.1) is 11.3 Å². The maximum absolute atomic E-state index is 14.4. The van der Waals surface area contributed by atoms with E-state index in [2.05, 4.69) is 14.9 Å². The zero-order chi connectivity index (χ0) is 37.1. The van der Waals surface area contributed by atoms with Crippen molar-refractivity contribution in [3.8, 4) is 11.3 Å². The van der Waals surface area contributed by atoms with E-state index in [0.29, 0.717) is 30.4 Å². The average molecular weight is 726 g/mol. The summed E-state index contributed by atoms with van der Waals surface area (Å²) in [5, 5.41) is 0.415. The summed E-state index contributed by atoms with van der Waals surface area (Å²) >= 11 is 5.94. The third-order valence-electron chi connectivity index (χ3n) is 8.57. The van der Waals surface area contributed by atoms with Crippen LogP contribution in [0.2, 0.25) is 5.15 Å². The van der Waals surface area contributed by atoms with E-state index in [4.69, 9.17) is 11.6 Å². The normalized spacial score (nSPS) is 12.2. The summed E-state index contributed by atoms with van der Waals surface area (Å²) in [5.41, 5.74) is 3.99. The van der Waals surface area contributed by atoms with Crippen LogP contribution in [0.25, 0.3) is 17.3 Å². The van der Waals surface area contributed by atoms with E-state index in [1.54, 1.807) is 30.4 Å². The summed E-state index contributed by atoms with van der Waals surface area (Å²) in [6, 6.07) is 30.1. The van der Waals surface area contributed by atoms with Gasteiger partial charge < -0.3 is 14.7 Å². The average Bonchev–Trinajstić information content (AvgIpc) is 3.15. The van der Waals surface area contributed by atoms with Gasteiger partial charge in [-0.05, 0) is 65.7 Å². The molecule has 7 nitrogen and oxygen atoms in total. The predicted octanol–water partition coefficient (Wildman–Crippen LogP) is 8.06. The Labute approximate surface area is 307 Å². The third kappa shape index (κ3) is 10.8. The van der Waals surface area contributed by atoms with Crippen LogP contribution in [0.5, 0.6) is 0 Å². The lowest BCUT2D eigenvalue weighted by atomic mass is 10.0. The fourth-order valence-corrected chi connectivity index (χ4v) is 5.76. The Balaban J connectivity index is 1.42. The predicted molar refractivity (Wildman–Crippen MR) is 198 cm³/mol. The number of amides is 2. The Morgan fingerprint density at radius 1 is 0.769 bits per heavy atom. The van der Waals surface area contributed by atoms with Crippen molar-refractivity contribution in [2.45, 2.75) is 31.7 Å². The molecule has 0 saturated carbocycles. The number of rotatable bonds is 14. The number of likely N-dealkylation sites (N-methyl/N-ethyl adjacent to an activating group) is 2. The Hall–Kier alpha value is -5.32. The lowest BCUT2D eigenvalue weighted by molar-refractivity contribution is -0.143. The van der Waals surface area contributed by atoms with E-state index in [1.807, 2.05) is 85.9 Å². The second kappa shape index (κ2) is 17.7. The van der Waals surface area contributed by atoms with Crippen LogP contribution in [0, 0.1) is 0 Å². The van der Waals surface area contributed by atoms with Crippen LogP contribution in [-0.4, -0.2) is 69.7 Å². The molecule has 0 N–H and O–H groups in total. The molecule has 0 fully saturated rings. The van der Waals surface area contributed by atoms with Gasteiger partial charge in [-0.2, -0.15) is 13.2 Å². The van der Waals surface area contributed by atoms with E-state index >= 15 is 0 Å². The highest BCUT2D eigenvalue weighted by atomic mass is 35.5. The minimum absolute atomic E-state index is 0.110. The van der Waals surface area contributed by atoms with Gasteiger partial charge in [0.25, 0.3) is 0 Å². The molecule has 0 aliphatic heterocycles. The molecular formula is C41H39ClF3N5O2. The van der Waals surface area contributed by atoms with E-state index in [1.165, 1.54) is 29.2 Å². The van der Waals surface area contributed by atoms with E-state index in [-0.39, 0.29) is 18.9 Å². The summed E-state index contributed by atoms with van der Waals surface area (Å²) < 4.78 is 39.5. The van der Waals surface area contributed by atoms with Crippen molar-refractivity contribution in [3.05, 3.63) is 161 Å². The molecule has 1 unspecified atom stereocenters. The van der Waals surface area contributed by atoms with Crippen molar-refractivity contribution in [2.24, 2.45) is 0 Å². The number of alkyl halides is 3. The van der Waals surface area contributed by atoms with Crippen LogP contribution in [-0.2, 0) is 35.3 Å². The van der Waals surface area contributed by atoms with Crippen molar-refractivity contribution < 1.29 is 22.8 Å². The van der Waals surface area contributed by atoms with Crippen molar-refractivity contribution in [2.75, 3.05) is 27.2 Å². The minimum atomic E-state index is -4.47. The van der Waals surface area contributed by atoms with Gasteiger partial charge >= 0.3 is 6.18 Å². The van der Waals surface area contributed by atoms with E-state index < -0.39 is 23.7 Å². The Morgan fingerprint density at radius 3 is 2.10 bits per heavy atom. The molecule has 3 aromatic carbocycles. The van der Waals surface area contributed by atoms with Crippen LogP contribution in [0.3, 0.4) is 0 Å². The maximum Gasteiger partial charge on any atom is 0.416 e. The maximum atomic E-state index is 14.4. The Bertz CT molecular complexity index is 1920. The van der Waals surface area contributed by atoms with Gasteiger partial charge in [-0.1, -0.05) is 90.5 Å². The van der Waals surface area contributed by atoms with E-state index in [9.17, 15) is 22.8 Å². The molecular weight excluding hydrogens is 687 g/mol. The molecule has 0 aliphatic carbocycles. The Kier molecular flexibility index (Phi) is 12.9. The van der Waals surface area contributed by atoms with Gasteiger partial charge in [0.1, 0.15) is 11.2 Å². The zero-order valence-electron chi connectivity index (χ0n) is 28.9. The van der Waals surface area contributed by atoms with Gasteiger partial charge in [-0.25, -0.2) is 4.98 Å². The standard InChI is InChI=1S/C41H39ClF3N5O2/c1-48(28-33-15-21-38(42)47-27-33)24-25-49(2)40(52)37(26-31-8-4-3-5-9-31)50(29-32-11-17-34(18-12-32)36-10-6-7-23-46-36)39(51)22-16-30-13-19-35(20-14-30)41(43,44)45/h3-23,27,37H,24-26,28-29H2,1-2H3. The second-order valence-corrected chi connectivity index (χ2v) is 12.9. The largest absolute Gasteiger partial charge is 0.416 e. The van der Waals surface area contributed by atoms with Gasteiger partial charge in [-0.3, -0.25) is 14.6 Å². The van der Waals surface area contributed by atoms with Crippen LogP contribution in [0.1, 0.15) is 27.8 Å². The first-order chi connectivity index (χ1) is 25.0. The van der Waals surface area contributed by atoms with E-state index in [0.717, 1.165) is 40.1 Å². The SMILES string of the molecule is CN(CCN(C)C(=O)C(Cc1ccccc1)N(Cc1ccc(-c2ccccn2)cc1)C(=O)C=Cc1ccc(C(F)(F)F)cc1)Cc1ccc(Cl)nc1. The molecule has 5 rings (SSSR count). The summed E-state index contributed by atoms with van der Waals surface area (Å²) in [5.74, 6) is -0.699.